The van der Waals surface area contributed by atoms with Crippen molar-refractivity contribution in [3.8, 4) is 5.75 Å². The number of para-hydroxylation sites is 1. The van der Waals surface area contributed by atoms with Crippen molar-refractivity contribution < 1.29 is 9.09 Å². The largest absolute Gasteiger partial charge is 0.568 e. The highest BCUT2D eigenvalue weighted by molar-refractivity contribution is 7.40. The van der Waals surface area contributed by atoms with Gasteiger partial charge in [0, 0.05) is 5.56 Å². The maximum atomic E-state index is 12.7. The Morgan fingerprint density at radius 1 is 0.864 bits per heavy atom. The minimum absolute atomic E-state index is 0.214. The van der Waals surface area contributed by atoms with Crippen LogP contribution in [0.5, 0.6) is 5.75 Å². The Hall–Kier alpha value is -2.44. The first-order valence-corrected chi connectivity index (χ1v) is 8.47. The first-order valence-electron chi connectivity index (χ1n) is 7.22. The average Bonchev–Trinajstić information content (AvgIpc) is 2.56. The van der Waals surface area contributed by atoms with E-state index < -0.39 is 8.03 Å². The third kappa shape index (κ3) is 2.22. The van der Waals surface area contributed by atoms with Crippen molar-refractivity contribution in [3.63, 3.8) is 0 Å². The van der Waals surface area contributed by atoms with Gasteiger partial charge in [-0.3, -0.25) is 4.52 Å². The molecule has 1 aliphatic rings. The third-order valence-electron chi connectivity index (χ3n) is 3.91. The molecule has 2 atom stereocenters. The van der Waals surface area contributed by atoms with E-state index in [0.717, 1.165) is 5.56 Å². The molecule has 22 heavy (non-hydrogen) atoms. The molecule has 0 aromatic heterocycles. The SMILES string of the molecule is O=[P+](Oc1ccccc1)C1C=Cc2cccc3cccc1c23. The van der Waals surface area contributed by atoms with E-state index in [-0.39, 0.29) is 5.66 Å². The van der Waals surface area contributed by atoms with Gasteiger partial charge in [0.2, 0.25) is 5.66 Å². The summed E-state index contributed by atoms with van der Waals surface area (Å²) < 4.78 is 18.3. The van der Waals surface area contributed by atoms with E-state index in [9.17, 15) is 4.57 Å². The van der Waals surface area contributed by atoms with Crippen molar-refractivity contribution in [3.05, 3.63) is 83.9 Å². The normalized spacial score (nSPS) is 16.5. The van der Waals surface area contributed by atoms with Crippen LogP contribution in [-0.2, 0) is 4.57 Å². The fourth-order valence-electron chi connectivity index (χ4n) is 2.91. The molecule has 0 amide bonds. The molecule has 0 radical (unpaired) electrons. The smallest absolute Gasteiger partial charge is 0.254 e. The van der Waals surface area contributed by atoms with Crippen molar-refractivity contribution in [2.75, 3.05) is 0 Å². The van der Waals surface area contributed by atoms with Gasteiger partial charge in [-0.1, -0.05) is 60.7 Å². The molecule has 2 unspecified atom stereocenters. The molecule has 3 heteroatoms. The van der Waals surface area contributed by atoms with Crippen LogP contribution in [0.4, 0.5) is 0 Å². The van der Waals surface area contributed by atoms with Crippen molar-refractivity contribution in [2.45, 2.75) is 5.66 Å². The van der Waals surface area contributed by atoms with Crippen molar-refractivity contribution in [1.82, 2.24) is 0 Å². The molecule has 0 aliphatic heterocycles. The van der Waals surface area contributed by atoms with Gasteiger partial charge in [-0.25, -0.2) is 0 Å². The van der Waals surface area contributed by atoms with Gasteiger partial charge in [-0.05, 0) is 39.1 Å². The summed E-state index contributed by atoms with van der Waals surface area (Å²) >= 11 is 0. The fourth-order valence-corrected chi connectivity index (χ4v) is 4.02. The lowest BCUT2D eigenvalue weighted by Gasteiger charge is -2.14. The summed E-state index contributed by atoms with van der Waals surface area (Å²) in [6, 6.07) is 21.7. The summed E-state index contributed by atoms with van der Waals surface area (Å²) in [7, 11) is -1.86. The van der Waals surface area contributed by atoms with E-state index in [0.29, 0.717) is 5.75 Å². The maximum absolute atomic E-state index is 12.7. The van der Waals surface area contributed by atoms with Crippen LogP contribution >= 0.6 is 8.03 Å². The molecule has 3 aromatic rings. The summed E-state index contributed by atoms with van der Waals surface area (Å²) in [5, 5.41) is 2.35. The molecule has 4 rings (SSSR count). The highest BCUT2D eigenvalue weighted by atomic mass is 31.1. The van der Waals surface area contributed by atoms with Crippen molar-refractivity contribution in [2.24, 2.45) is 0 Å². The number of rotatable bonds is 3. The van der Waals surface area contributed by atoms with Crippen LogP contribution in [0.1, 0.15) is 16.8 Å². The highest BCUT2D eigenvalue weighted by Gasteiger charge is 2.36. The molecule has 2 nitrogen and oxygen atoms in total. The van der Waals surface area contributed by atoms with Crippen LogP contribution in [0, 0.1) is 0 Å². The Labute approximate surface area is 129 Å². The van der Waals surface area contributed by atoms with E-state index >= 15 is 0 Å². The second-order valence-electron chi connectivity index (χ2n) is 5.29. The molecule has 106 valence electrons. The predicted molar refractivity (Wildman–Crippen MR) is 90.4 cm³/mol. The van der Waals surface area contributed by atoms with Gasteiger partial charge >= 0.3 is 8.03 Å². The number of hydrogen-bond acceptors (Lipinski definition) is 2. The zero-order valence-electron chi connectivity index (χ0n) is 11.8. The highest BCUT2D eigenvalue weighted by Crippen LogP contribution is 2.48. The van der Waals surface area contributed by atoms with Crippen LogP contribution < -0.4 is 4.52 Å². The Balaban J connectivity index is 1.74. The summed E-state index contributed by atoms with van der Waals surface area (Å²) in [6.45, 7) is 0. The van der Waals surface area contributed by atoms with E-state index in [2.05, 4.69) is 18.2 Å². The Morgan fingerprint density at radius 3 is 2.45 bits per heavy atom. The fraction of sp³-hybridized carbons (Fsp3) is 0.0526. The predicted octanol–water partition coefficient (Wildman–Crippen LogP) is 5.73. The molecule has 0 fully saturated rings. The van der Waals surface area contributed by atoms with E-state index in [4.69, 9.17) is 4.52 Å². The minimum Gasteiger partial charge on any atom is -0.254 e. The second-order valence-corrected chi connectivity index (χ2v) is 6.60. The van der Waals surface area contributed by atoms with Gasteiger partial charge in [0.15, 0.2) is 5.75 Å². The van der Waals surface area contributed by atoms with E-state index in [1.54, 1.807) is 0 Å². The van der Waals surface area contributed by atoms with Gasteiger partial charge in [0.05, 0.1) is 0 Å². The van der Waals surface area contributed by atoms with Crippen LogP contribution in [0.25, 0.3) is 16.8 Å². The molecule has 1 aliphatic carbocycles. The Kier molecular flexibility index (Phi) is 3.25. The molecule has 0 saturated carbocycles. The molecule has 0 N–H and O–H groups in total. The van der Waals surface area contributed by atoms with E-state index in [1.165, 1.54) is 16.3 Å². The van der Waals surface area contributed by atoms with Gasteiger partial charge in [0.1, 0.15) is 0 Å². The van der Waals surface area contributed by atoms with Crippen LogP contribution in [-0.4, -0.2) is 0 Å². The van der Waals surface area contributed by atoms with Crippen LogP contribution in [0.15, 0.2) is 72.8 Å². The van der Waals surface area contributed by atoms with Gasteiger partial charge in [-0.15, -0.1) is 0 Å². The van der Waals surface area contributed by atoms with Gasteiger partial charge in [-0.2, -0.15) is 0 Å². The van der Waals surface area contributed by atoms with Crippen LogP contribution in [0.2, 0.25) is 0 Å². The lowest BCUT2D eigenvalue weighted by atomic mass is 9.93. The molecular formula is C19H14O2P+. The first-order chi connectivity index (χ1) is 10.8. The number of benzene rings is 3. The summed E-state index contributed by atoms with van der Waals surface area (Å²) in [5.41, 5.74) is 2.04. The average molecular weight is 305 g/mol. The minimum atomic E-state index is -1.86. The molecule has 3 aromatic carbocycles. The zero-order valence-corrected chi connectivity index (χ0v) is 12.7. The van der Waals surface area contributed by atoms with Gasteiger partial charge < -0.3 is 0 Å². The lowest BCUT2D eigenvalue weighted by Crippen LogP contribution is -2.00. The quantitative estimate of drug-likeness (QED) is 0.578. The molecule has 0 bridgehead atoms. The standard InChI is InChI=1S/C19H14O2P/c20-22(21-16-9-2-1-3-10-16)18-13-12-15-7-4-6-14-8-5-11-17(18)19(14)15/h1-13,18H/q+1. The maximum Gasteiger partial charge on any atom is 0.568 e. The van der Waals surface area contributed by atoms with Gasteiger partial charge in [0.25, 0.3) is 0 Å². The monoisotopic (exact) mass is 305 g/mol. The number of hydrogen-bond donors (Lipinski definition) is 0. The Bertz CT molecular complexity index is 879. The molecular weight excluding hydrogens is 291 g/mol. The molecule has 0 saturated heterocycles. The molecule has 0 heterocycles. The lowest BCUT2D eigenvalue weighted by molar-refractivity contribution is 0.499. The topological polar surface area (TPSA) is 26.3 Å². The van der Waals surface area contributed by atoms with Crippen LogP contribution in [0.3, 0.4) is 0 Å². The first kappa shape index (κ1) is 13.2. The zero-order chi connectivity index (χ0) is 14.9. The summed E-state index contributed by atoms with van der Waals surface area (Å²) in [5.74, 6) is 0.642. The van der Waals surface area contributed by atoms with Crippen molar-refractivity contribution in [1.29, 1.82) is 0 Å². The third-order valence-corrected chi connectivity index (χ3v) is 5.21. The van der Waals surface area contributed by atoms with E-state index in [1.807, 2.05) is 60.7 Å². The molecule has 0 spiro atoms. The summed E-state index contributed by atoms with van der Waals surface area (Å²) in [6.07, 6.45) is 4.03. The van der Waals surface area contributed by atoms with Crippen molar-refractivity contribution >= 4 is 24.9 Å². The summed E-state index contributed by atoms with van der Waals surface area (Å²) in [4.78, 5) is 0. The Morgan fingerprint density at radius 2 is 1.64 bits per heavy atom. The second kappa shape index (κ2) is 5.40. The number of allylic oxidation sites excluding steroid dienone is 1.